The van der Waals surface area contributed by atoms with Crippen molar-refractivity contribution >= 4 is 22.9 Å². The van der Waals surface area contributed by atoms with Crippen LogP contribution in [0, 0.1) is 5.82 Å². The number of nitrogens with one attached hydrogen (secondary N) is 1. The maximum Gasteiger partial charge on any atom is 0.417 e. The highest BCUT2D eigenvalue weighted by Gasteiger charge is 2.48. The van der Waals surface area contributed by atoms with Crippen LogP contribution in [0.25, 0.3) is 11.0 Å². The van der Waals surface area contributed by atoms with E-state index in [0.29, 0.717) is 48.6 Å². The summed E-state index contributed by atoms with van der Waals surface area (Å²) in [6, 6.07) is 7.86. The molecule has 11 heteroatoms. The van der Waals surface area contributed by atoms with Crippen molar-refractivity contribution < 1.29 is 36.3 Å². The summed E-state index contributed by atoms with van der Waals surface area (Å²) in [5.41, 5.74) is -2.78. The predicted molar refractivity (Wildman–Crippen MR) is 130 cm³/mol. The zero-order valence-electron chi connectivity index (χ0n) is 20.8. The van der Waals surface area contributed by atoms with Crippen LogP contribution in [0.2, 0.25) is 0 Å². The number of urea groups is 1. The molecule has 4 rings (SSSR count). The molecule has 1 aliphatic heterocycles. The number of carbonyl (C=O) groups is 2. The first kappa shape index (κ1) is 27.2. The summed E-state index contributed by atoms with van der Waals surface area (Å²) >= 11 is 0. The average Bonchev–Trinajstić information content (AvgIpc) is 3.08. The summed E-state index contributed by atoms with van der Waals surface area (Å²) in [6.07, 6.45) is -2.97. The number of hydrogen-bond acceptors (Lipinski definition) is 5. The Morgan fingerprint density at radius 1 is 1.05 bits per heavy atom. The third-order valence-corrected chi connectivity index (χ3v) is 6.51. The second kappa shape index (κ2) is 10.5. The Morgan fingerprint density at radius 2 is 1.76 bits per heavy atom. The smallest absolute Gasteiger partial charge is 0.417 e. The summed E-state index contributed by atoms with van der Waals surface area (Å²) in [5.74, 6) is -0.603. The molecule has 202 valence electrons. The third kappa shape index (κ3) is 5.23. The molecule has 3 aromatic rings. The fourth-order valence-corrected chi connectivity index (χ4v) is 4.55. The van der Waals surface area contributed by atoms with E-state index < -0.39 is 40.7 Å². The molecule has 2 aromatic carbocycles. The van der Waals surface area contributed by atoms with Gasteiger partial charge in [-0.3, -0.25) is 9.69 Å². The highest BCUT2D eigenvalue weighted by molar-refractivity contribution is 6.07. The molecule has 0 radical (unpaired) electrons. The Balaban J connectivity index is 1.42. The molecule has 0 bridgehead atoms. The van der Waals surface area contributed by atoms with E-state index in [1.165, 1.54) is 36.4 Å². The molecule has 1 aromatic heterocycles. The van der Waals surface area contributed by atoms with Gasteiger partial charge in [-0.05, 0) is 56.0 Å². The van der Waals surface area contributed by atoms with Crippen molar-refractivity contribution in [2.75, 3.05) is 13.2 Å². The van der Waals surface area contributed by atoms with E-state index in [0.717, 1.165) is 4.90 Å². The molecule has 1 saturated heterocycles. The number of fused-ring (bicyclic) bond motifs is 1. The highest BCUT2D eigenvalue weighted by Crippen LogP contribution is 2.37. The minimum absolute atomic E-state index is 0.119. The van der Waals surface area contributed by atoms with Gasteiger partial charge in [0.2, 0.25) is 0 Å². The lowest BCUT2D eigenvalue weighted by Gasteiger charge is -2.22. The van der Waals surface area contributed by atoms with Crippen molar-refractivity contribution in [3.8, 4) is 5.75 Å². The number of amides is 3. The second-order valence-corrected chi connectivity index (χ2v) is 9.22. The van der Waals surface area contributed by atoms with Crippen LogP contribution in [0.3, 0.4) is 0 Å². The van der Waals surface area contributed by atoms with Gasteiger partial charge in [-0.2, -0.15) is 13.2 Å². The number of rotatable bonds is 9. The molecule has 38 heavy (non-hydrogen) atoms. The van der Waals surface area contributed by atoms with Gasteiger partial charge in [0.15, 0.2) is 0 Å². The van der Waals surface area contributed by atoms with E-state index in [4.69, 9.17) is 9.15 Å². The summed E-state index contributed by atoms with van der Waals surface area (Å²) in [7, 11) is 0. The molecule has 1 atom stereocenters. The van der Waals surface area contributed by atoms with Gasteiger partial charge in [-0.1, -0.05) is 25.5 Å². The van der Waals surface area contributed by atoms with Crippen LogP contribution >= 0.6 is 0 Å². The molecule has 0 aliphatic carbocycles. The lowest BCUT2D eigenvalue weighted by molar-refractivity contribution is -0.136. The summed E-state index contributed by atoms with van der Waals surface area (Å²) < 4.78 is 64.6. The van der Waals surface area contributed by atoms with Crippen molar-refractivity contribution in [3.63, 3.8) is 0 Å². The number of benzene rings is 2. The maximum atomic E-state index is 13.5. The fraction of sp³-hybridized carbons (Fsp3) is 0.370. The number of alkyl halides is 3. The van der Waals surface area contributed by atoms with E-state index >= 15 is 0 Å². The fourth-order valence-electron chi connectivity index (χ4n) is 4.55. The lowest BCUT2D eigenvalue weighted by atomic mass is 9.92. The zero-order chi connectivity index (χ0) is 27.7. The van der Waals surface area contributed by atoms with E-state index in [9.17, 15) is 31.9 Å². The first-order chi connectivity index (χ1) is 18.0. The van der Waals surface area contributed by atoms with E-state index in [2.05, 4.69) is 5.32 Å². The summed E-state index contributed by atoms with van der Waals surface area (Å²) in [6.45, 7) is 3.67. The Hall–Kier alpha value is -3.89. The molecule has 3 amide bonds. The van der Waals surface area contributed by atoms with Crippen LogP contribution in [-0.2, 0) is 22.9 Å². The Labute approximate surface area is 215 Å². The predicted octanol–water partition coefficient (Wildman–Crippen LogP) is 5.53. The molecule has 2 heterocycles. The molecule has 1 fully saturated rings. The number of carbonyl (C=O) groups excluding carboxylic acids is 2. The number of hydrogen-bond donors (Lipinski definition) is 1. The third-order valence-electron chi connectivity index (χ3n) is 6.51. The Morgan fingerprint density at radius 3 is 2.42 bits per heavy atom. The van der Waals surface area contributed by atoms with Crippen LogP contribution < -0.4 is 15.7 Å². The van der Waals surface area contributed by atoms with Crippen LogP contribution in [0.4, 0.5) is 22.4 Å². The minimum Gasteiger partial charge on any atom is -0.493 e. The topological polar surface area (TPSA) is 88.9 Å². The Bertz CT molecular complexity index is 1420. The van der Waals surface area contributed by atoms with Crippen LogP contribution in [0.5, 0.6) is 5.75 Å². The van der Waals surface area contributed by atoms with Crippen molar-refractivity contribution in [1.29, 1.82) is 0 Å². The SMILES string of the molecule is CCCc1c(OCCCCN2C(=O)NC(C)(c3ccc(F)cc3)C2=O)ccc2c(C(F)(F)F)cc(=O)oc12. The van der Waals surface area contributed by atoms with E-state index in [1.807, 2.05) is 6.92 Å². The van der Waals surface area contributed by atoms with Gasteiger partial charge in [0, 0.05) is 23.6 Å². The van der Waals surface area contributed by atoms with Gasteiger partial charge >= 0.3 is 17.8 Å². The quantitative estimate of drug-likeness (QED) is 0.169. The summed E-state index contributed by atoms with van der Waals surface area (Å²) in [5, 5.41) is 2.45. The normalized spacial score (nSPS) is 17.8. The first-order valence-corrected chi connectivity index (χ1v) is 12.2. The molecule has 0 saturated carbocycles. The highest BCUT2D eigenvalue weighted by atomic mass is 19.4. The summed E-state index contributed by atoms with van der Waals surface area (Å²) in [4.78, 5) is 38.4. The molecule has 1 aliphatic rings. The average molecular weight is 535 g/mol. The number of unbranched alkanes of at least 4 members (excludes halogenated alkanes) is 1. The minimum atomic E-state index is -4.72. The van der Waals surface area contributed by atoms with Crippen molar-refractivity contribution in [2.45, 2.75) is 51.2 Å². The number of halogens is 4. The van der Waals surface area contributed by atoms with Gasteiger partial charge in [-0.15, -0.1) is 0 Å². The van der Waals surface area contributed by atoms with Gasteiger partial charge < -0.3 is 14.5 Å². The first-order valence-electron chi connectivity index (χ1n) is 12.2. The van der Waals surface area contributed by atoms with Crippen LogP contribution in [0.15, 0.2) is 51.7 Å². The molecule has 1 unspecified atom stereocenters. The maximum absolute atomic E-state index is 13.5. The van der Waals surface area contributed by atoms with Crippen molar-refractivity contribution in [1.82, 2.24) is 10.2 Å². The van der Waals surface area contributed by atoms with E-state index in [1.54, 1.807) is 6.92 Å². The number of imide groups is 1. The molecular weight excluding hydrogens is 508 g/mol. The molecule has 7 nitrogen and oxygen atoms in total. The Kier molecular flexibility index (Phi) is 7.48. The van der Waals surface area contributed by atoms with Crippen LogP contribution in [-0.4, -0.2) is 30.0 Å². The van der Waals surface area contributed by atoms with Crippen molar-refractivity contribution in [3.05, 3.63) is 75.4 Å². The van der Waals surface area contributed by atoms with Gasteiger partial charge in [0.1, 0.15) is 22.7 Å². The van der Waals surface area contributed by atoms with Gasteiger partial charge in [0.05, 0.1) is 12.2 Å². The zero-order valence-corrected chi connectivity index (χ0v) is 20.8. The second-order valence-electron chi connectivity index (χ2n) is 9.22. The van der Waals surface area contributed by atoms with Gasteiger partial charge in [0.25, 0.3) is 5.91 Å². The van der Waals surface area contributed by atoms with E-state index in [-0.39, 0.29) is 24.1 Å². The molecular formula is C27H26F4N2O5. The van der Waals surface area contributed by atoms with Crippen LogP contribution in [0.1, 0.15) is 49.8 Å². The van der Waals surface area contributed by atoms with Crippen molar-refractivity contribution in [2.24, 2.45) is 0 Å². The molecule has 1 N–H and O–H groups in total. The monoisotopic (exact) mass is 534 g/mol. The lowest BCUT2D eigenvalue weighted by Crippen LogP contribution is -2.41. The largest absolute Gasteiger partial charge is 0.493 e. The van der Waals surface area contributed by atoms with Gasteiger partial charge in [-0.25, -0.2) is 14.0 Å². The molecule has 0 spiro atoms. The standard InChI is InChI=1S/C27H26F4N2O5/c1-3-6-19-21(12-11-18-20(27(29,30)31)15-22(34)38-23(18)19)37-14-5-4-13-33-24(35)26(2,32-25(33)36)16-7-9-17(28)10-8-16/h7-12,15H,3-6,13-14H2,1-2H3,(H,32,36). The number of ether oxygens (including phenoxy) is 1. The number of nitrogens with zero attached hydrogens (tertiary/aromatic N) is 1. The number of aryl methyl sites for hydroxylation is 1.